The minimum atomic E-state index is -3.97. The number of rotatable bonds is 4. The van der Waals surface area contributed by atoms with E-state index >= 15 is 0 Å². The standard InChI is InChI=1S/C17H18Cl2N2O3S/c1-10-8-14(18)11(2)16(15(10)19)25(23,24)20-13-7-5-6-12(9-13)17(22)21(3)4/h5-9,20H,1-4H3. The van der Waals surface area contributed by atoms with Gasteiger partial charge in [-0.05, 0) is 49.2 Å². The van der Waals surface area contributed by atoms with E-state index in [0.29, 0.717) is 21.7 Å². The molecule has 0 bridgehead atoms. The van der Waals surface area contributed by atoms with E-state index in [1.54, 1.807) is 52.2 Å². The fourth-order valence-corrected chi connectivity index (χ4v) is 4.58. The van der Waals surface area contributed by atoms with E-state index in [9.17, 15) is 13.2 Å². The van der Waals surface area contributed by atoms with Gasteiger partial charge in [-0.25, -0.2) is 8.42 Å². The largest absolute Gasteiger partial charge is 0.345 e. The molecule has 25 heavy (non-hydrogen) atoms. The van der Waals surface area contributed by atoms with Crippen LogP contribution < -0.4 is 4.72 Å². The summed E-state index contributed by atoms with van der Waals surface area (Å²) in [4.78, 5) is 13.4. The number of nitrogens with zero attached hydrogens (tertiary/aromatic N) is 1. The van der Waals surface area contributed by atoms with Crippen LogP contribution in [0.15, 0.2) is 35.2 Å². The molecule has 0 spiro atoms. The van der Waals surface area contributed by atoms with E-state index in [-0.39, 0.29) is 21.5 Å². The number of hydrogen-bond acceptors (Lipinski definition) is 3. The monoisotopic (exact) mass is 400 g/mol. The van der Waals surface area contributed by atoms with Gasteiger partial charge in [0.2, 0.25) is 0 Å². The number of nitrogens with one attached hydrogen (secondary N) is 1. The zero-order chi connectivity index (χ0) is 18.9. The highest BCUT2D eigenvalue weighted by Gasteiger charge is 2.24. The molecular weight excluding hydrogens is 383 g/mol. The molecule has 0 fully saturated rings. The van der Waals surface area contributed by atoms with Crippen LogP contribution in [0.1, 0.15) is 21.5 Å². The van der Waals surface area contributed by atoms with Gasteiger partial charge in [-0.2, -0.15) is 0 Å². The fraction of sp³-hybridized carbons (Fsp3) is 0.235. The van der Waals surface area contributed by atoms with Gasteiger partial charge < -0.3 is 4.90 Å². The van der Waals surface area contributed by atoms with Crippen molar-refractivity contribution in [3.8, 4) is 0 Å². The lowest BCUT2D eigenvalue weighted by atomic mass is 10.2. The number of hydrogen-bond donors (Lipinski definition) is 1. The van der Waals surface area contributed by atoms with Crippen LogP contribution in [0.3, 0.4) is 0 Å². The van der Waals surface area contributed by atoms with E-state index < -0.39 is 10.0 Å². The first-order chi connectivity index (χ1) is 11.5. The van der Waals surface area contributed by atoms with Crippen molar-refractivity contribution < 1.29 is 13.2 Å². The second-order valence-corrected chi connectivity index (χ2v) is 8.23. The van der Waals surface area contributed by atoms with Gasteiger partial charge in [0, 0.05) is 30.4 Å². The summed E-state index contributed by atoms with van der Waals surface area (Å²) in [7, 11) is -0.730. The van der Waals surface area contributed by atoms with Crippen LogP contribution in [-0.4, -0.2) is 33.3 Å². The Kier molecular flexibility index (Phi) is 5.66. The lowest BCUT2D eigenvalue weighted by Gasteiger charge is -2.16. The molecule has 0 aliphatic rings. The number of amides is 1. The first-order valence-corrected chi connectivity index (χ1v) is 9.58. The van der Waals surface area contributed by atoms with Crippen LogP contribution in [-0.2, 0) is 10.0 Å². The third-order valence-corrected chi connectivity index (χ3v) is 6.17. The number of halogens is 2. The van der Waals surface area contributed by atoms with Gasteiger partial charge in [0.25, 0.3) is 15.9 Å². The zero-order valence-electron chi connectivity index (χ0n) is 14.2. The second-order valence-electron chi connectivity index (χ2n) is 5.83. The SMILES string of the molecule is Cc1cc(Cl)c(C)c(S(=O)(=O)Nc2cccc(C(=O)N(C)C)c2)c1Cl. The van der Waals surface area contributed by atoms with Crippen LogP contribution in [0.5, 0.6) is 0 Å². The van der Waals surface area contributed by atoms with Crippen LogP contribution >= 0.6 is 23.2 Å². The molecule has 134 valence electrons. The molecule has 5 nitrogen and oxygen atoms in total. The maximum Gasteiger partial charge on any atom is 0.263 e. The van der Waals surface area contributed by atoms with Crippen molar-refractivity contribution in [2.75, 3.05) is 18.8 Å². The first-order valence-electron chi connectivity index (χ1n) is 7.34. The molecule has 2 aromatic carbocycles. The number of anilines is 1. The van der Waals surface area contributed by atoms with Crippen LogP contribution in [0, 0.1) is 13.8 Å². The summed E-state index contributed by atoms with van der Waals surface area (Å²) in [6, 6.07) is 7.87. The molecule has 0 radical (unpaired) electrons. The summed E-state index contributed by atoms with van der Waals surface area (Å²) >= 11 is 12.3. The Morgan fingerprint density at radius 1 is 1.12 bits per heavy atom. The molecule has 8 heteroatoms. The molecule has 0 atom stereocenters. The van der Waals surface area contributed by atoms with Gasteiger partial charge in [0.15, 0.2) is 0 Å². The molecule has 1 N–H and O–H groups in total. The molecule has 0 saturated heterocycles. The summed E-state index contributed by atoms with van der Waals surface area (Å²) in [6.45, 7) is 3.28. The molecule has 0 saturated carbocycles. The number of sulfonamides is 1. The molecule has 0 unspecified atom stereocenters. The van der Waals surface area contributed by atoms with Crippen molar-refractivity contribution in [1.29, 1.82) is 0 Å². The molecule has 2 rings (SSSR count). The lowest BCUT2D eigenvalue weighted by molar-refractivity contribution is 0.0827. The predicted molar refractivity (Wildman–Crippen MR) is 101 cm³/mol. The van der Waals surface area contributed by atoms with Crippen LogP contribution in [0.25, 0.3) is 0 Å². The topological polar surface area (TPSA) is 66.5 Å². The van der Waals surface area contributed by atoms with Gasteiger partial charge >= 0.3 is 0 Å². The van der Waals surface area contributed by atoms with Crippen LogP contribution in [0.2, 0.25) is 10.0 Å². The first kappa shape index (κ1) is 19.6. The zero-order valence-corrected chi connectivity index (χ0v) is 16.6. The Morgan fingerprint density at radius 2 is 1.76 bits per heavy atom. The predicted octanol–water partition coefficient (Wildman–Crippen LogP) is 4.11. The summed E-state index contributed by atoms with van der Waals surface area (Å²) in [5, 5.41) is 0.439. The van der Waals surface area contributed by atoms with Gasteiger partial charge in [0.05, 0.1) is 5.02 Å². The number of aryl methyl sites for hydroxylation is 1. The van der Waals surface area contributed by atoms with E-state index in [1.165, 1.54) is 11.0 Å². The number of benzene rings is 2. The van der Waals surface area contributed by atoms with E-state index in [1.807, 2.05) is 0 Å². The van der Waals surface area contributed by atoms with Crippen molar-refractivity contribution in [2.24, 2.45) is 0 Å². The smallest absolute Gasteiger partial charge is 0.263 e. The molecule has 0 aromatic heterocycles. The summed E-state index contributed by atoms with van der Waals surface area (Å²) in [5.41, 5.74) is 1.57. The average Bonchev–Trinajstić information content (AvgIpc) is 2.52. The van der Waals surface area contributed by atoms with Crippen LogP contribution in [0.4, 0.5) is 5.69 Å². The van der Waals surface area contributed by atoms with Crippen molar-refractivity contribution in [1.82, 2.24) is 4.90 Å². The maximum atomic E-state index is 12.8. The molecule has 2 aromatic rings. The van der Waals surface area contributed by atoms with E-state index in [2.05, 4.69) is 4.72 Å². The third kappa shape index (κ3) is 4.08. The van der Waals surface area contributed by atoms with E-state index in [4.69, 9.17) is 23.2 Å². The van der Waals surface area contributed by atoms with Gasteiger partial charge in [-0.15, -0.1) is 0 Å². The second kappa shape index (κ2) is 7.23. The molecule has 1 amide bonds. The minimum absolute atomic E-state index is 0.0662. The average molecular weight is 401 g/mol. The van der Waals surface area contributed by atoms with Crippen molar-refractivity contribution in [2.45, 2.75) is 18.7 Å². The Hall–Kier alpha value is -1.76. The normalized spacial score (nSPS) is 11.3. The van der Waals surface area contributed by atoms with Crippen molar-refractivity contribution in [3.63, 3.8) is 0 Å². The van der Waals surface area contributed by atoms with Crippen molar-refractivity contribution >= 4 is 44.8 Å². The highest BCUT2D eigenvalue weighted by atomic mass is 35.5. The molecule has 0 aliphatic heterocycles. The highest BCUT2D eigenvalue weighted by molar-refractivity contribution is 7.93. The Labute approximate surface area is 157 Å². The maximum absolute atomic E-state index is 12.8. The highest BCUT2D eigenvalue weighted by Crippen LogP contribution is 2.34. The minimum Gasteiger partial charge on any atom is -0.345 e. The lowest BCUT2D eigenvalue weighted by Crippen LogP contribution is -2.22. The number of carbonyl (C=O) groups excluding carboxylic acids is 1. The van der Waals surface area contributed by atoms with Crippen molar-refractivity contribution in [3.05, 3.63) is 57.1 Å². The summed E-state index contributed by atoms with van der Waals surface area (Å²) in [5.74, 6) is -0.228. The summed E-state index contributed by atoms with van der Waals surface area (Å²) in [6.07, 6.45) is 0. The summed E-state index contributed by atoms with van der Waals surface area (Å²) < 4.78 is 28.1. The molecule has 0 aliphatic carbocycles. The van der Waals surface area contributed by atoms with Gasteiger partial charge in [0.1, 0.15) is 4.90 Å². The molecular formula is C17H18Cl2N2O3S. The van der Waals surface area contributed by atoms with Gasteiger partial charge in [-0.3, -0.25) is 9.52 Å². The fourth-order valence-electron chi connectivity index (χ4n) is 2.31. The third-order valence-electron chi connectivity index (χ3n) is 3.62. The van der Waals surface area contributed by atoms with E-state index in [0.717, 1.165) is 0 Å². The quantitative estimate of drug-likeness (QED) is 0.839. The number of carbonyl (C=O) groups is 1. The Balaban J connectivity index is 2.48. The molecule has 0 heterocycles. The van der Waals surface area contributed by atoms with Gasteiger partial charge in [-0.1, -0.05) is 29.3 Å². The Morgan fingerprint density at radius 3 is 2.36 bits per heavy atom. The Bertz CT molecular complexity index is 915.